The van der Waals surface area contributed by atoms with E-state index in [1.54, 1.807) is 19.9 Å². The zero-order valence-corrected chi connectivity index (χ0v) is 10.6. The van der Waals surface area contributed by atoms with Crippen LogP contribution in [0.3, 0.4) is 0 Å². The molecule has 0 radical (unpaired) electrons. The summed E-state index contributed by atoms with van der Waals surface area (Å²) >= 11 is 0. The number of furan rings is 1. The highest BCUT2D eigenvalue weighted by Crippen LogP contribution is 2.20. The summed E-state index contributed by atoms with van der Waals surface area (Å²) in [6.45, 7) is 3.49. The van der Waals surface area contributed by atoms with Crippen molar-refractivity contribution in [2.24, 2.45) is 0 Å². The van der Waals surface area contributed by atoms with E-state index in [9.17, 15) is 9.18 Å². The molecular formula is C14H13FO4. The van der Waals surface area contributed by atoms with Gasteiger partial charge in [0.1, 0.15) is 23.9 Å². The van der Waals surface area contributed by atoms with Crippen molar-refractivity contribution in [3.8, 4) is 5.75 Å². The van der Waals surface area contributed by atoms with Gasteiger partial charge in [0.2, 0.25) is 5.76 Å². The van der Waals surface area contributed by atoms with Crippen molar-refractivity contribution >= 4 is 5.97 Å². The number of hydrogen-bond donors (Lipinski definition) is 1. The van der Waals surface area contributed by atoms with Gasteiger partial charge in [-0.25, -0.2) is 9.18 Å². The summed E-state index contributed by atoms with van der Waals surface area (Å²) in [5, 5.41) is 8.80. The van der Waals surface area contributed by atoms with E-state index in [-0.39, 0.29) is 18.2 Å². The molecule has 1 heterocycles. The second-order valence-electron chi connectivity index (χ2n) is 4.20. The minimum atomic E-state index is -1.12. The summed E-state index contributed by atoms with van der Waals surface area (Å²) in [5.41, 5.74) is 1.15. The van der Waals surface area contributed by atoms with E-state index in [4.69, 9.17) is 14.3 Å². The molecule has 2 aromatic rings. The van der Waals surface area contributed by atoms with Crippen molar-refractivity contribution in [3.05, 3.63) is 52.7 Å². The van der Waals surface area contributed by atoms with Gasteiger partial charge in [-0.05, 0) is 43.7 Å². The van der Waals surface area contributed by atoms with Gasteiger partial charge in [-0.2, -0.15) is 0 Å². The van der Waals surface area contributed by atoms with Gasteiger partial charge in [0.25, 0.3) is 0 Å². The lowest BCUT2D eigenvalue weighted by atomic mass is 10.2. The highest BCUT2D eigenvalue weighted by Gasteiger charge is 2.13. The molecule has 4 nitrogen and oxygen atoms in total. The van der Waals surface area contributed by atoms with Crippen LogP contribution in [0.25, 0.3) is 0 Å². The number of carbonyl (C=O) groups is 1. The Hall–Kier alpha value is -2.30. The van der Waals surface area contributed by atoms with Crippen molar-refractivity contribution in [1.29, 1.82) is 0 Å². The largest absolute Gasteiger partial charge is 0.489 e. The molecule has 2 rings (SSSR count). The second-order valence-corrected chi connectivity index (χ2v) is 4.20. The van der Waals surface area contributed by atoms with Gasteiger partial charge in [-0.1, -0.05) is 0 Å². The Balaban J connectivity index is 2.09. The lowest BCUT2D eigenvalue weighted by molar-refractivity contribution is 0.0661. The van der Waals surface area contributed by atoms with Crippen LogP contribution in [0.2, 0.25) is 0 Å². The Kier molecular flexibility index (Phi) is 3.55. The third kappa shape index (κ3) is 2.93. The number of hydrogen-bond acceptors (Lipinski definition) is 3. The molecule has 0 saturated carbocycles. The molecular weight excluding hydrogens is 251 g/mol. The number of benzene rings is 1. The Morgan fingerprint density at radius 3 is 2.68 bits per heavy atom. The zero-order valence-electron chi connectivity index (χ0n) is 10.6. The number of aromatic carboxylic acids is 1. The Morgan fingerprint density at radius 1 is 1.37 bits per heavy atom. The Bertz CT molecular complexity index is 616. The first-order valence-electron chi connectivity index (χ1n) is 5.69. The molecule has 0 fully saturated rings. The number of rotatable bonds is 4. The highest BCUT2D eigenvalue weighted by atomic mass is 19.1. The average molecular weight is 264 g/mol. The Labute approximate surface area is 109 Å². The van der Waals surface area contributed by atoms with E-state index >= 15 is 0 Å². The van der Waals surface area contributed by atoms with E-state index in [2.05, 4.69) is 0 Å². The lowest BCUT2D eigenvalue weighted by Crippen LogP contribution is -1.97. The molecule has 1 aromatic heterocycles. The number of carboxylic acid groups (broad SMARTS) is 1. The van der Waals surface area contributed by atoms with E-state index in [1.165, 1.54) is 18.2 Å². The maximum atomic E-state index is 13.1. The van der Waals surface area contributed by atoms with Crippen LogP contribution < -0.4 is 4.74 Å². The topological polar surface area (TPSA) is 59.7 Å². The van der Waals surface area contributed by atoms with Gasteiger partial charge in [-0.15, -0.1) is 0 Å². The first-order valence-corrected chi connectivity index (χ1v) is 5.69. The molecule has 0 atom stereocenters. The fraction of sp³-hybridized carbons (Fsp3) is 0.214. The third-order valence-electron chi connectivity index (χ3n) is 2.76. The summed E-state index contributed by atoms with van der Waals surface area (Å²) in [5.74, 6) is -0.508. The summed E-state index contributed by atoms with van der Waals surface area (Å²) in [6.07, 6.45) is 0. The molecule has 0 bridgehead atoms. The van der Waals surface area contributed by atoms with E-state index < -0.39 is 5.97 Å². The number of ether oxygens (including phenoxy) is 1. The van der Waals surface area contributed by atoms with Crippen LogP contribution in [-0.2, 0) is 6.61 Å². The SMILES string of the molecule is Cc1cc(OCc2cc(C(=O)O)oc2C)ccc1F. The second kappa shape index (κ2) is 5.14. The molecule has 0 aliphatic rings. The fourth-order valence-corrected chi connectivity index (χ4v) is 1.64. The van der Waals surface area contributed by atoms with Crippen LogP contribution in [0.4, 0.5) is 4.39 Å². The summed E-state index contributed by atoms with van der Waals surface area (Å²) in [6, 6.07) is 5.86. The molecule has 1 aromatic carbocycles. The highest BCUT2D eigenvalue weighted by molar-refractivity contribution is 5.84. The predicted molar refractivity (Wildman–Crippen MR) is 65.9 cm³/mol. The summed E-state index contributed by atoms with van der Waals surface area (Å²) < 4.78 is 23.6. The molecule has 5 heteroatoms. The predicted octanol–water partition coefficient (Wildman–Crippen LogP) is 3.31. The van der Waals surface area contributed by atoms with Crippen LogP contribution in [0, 0.1) is 19.7 Å². The molecule has 0 spiro atoms. The fourth-order valence-electron chi connectivity index (χ4n) is 1.64. The van der Waals surface area contributed by atoms with E-state index in [0.29, 0.717) is 22.6 Å². The number of halogens is 1. The maximum absolute atomic E-state index is 13.1. The van der Waals surface area contributed by atoms with Gasteiger partial charge in [0.05, 0.1) is 0 Å². The van der Waals surface area contributed by atoms with Crippen LogP contribution in [-0.4, -0.2) is 11.1 Å². The van der Waals surface area contributed by atoms with Crippen molar-refractivity contribution in [2.45, 2.75) is 20.5 Å². The first kappa shape index (κ1) is 13.1. The lowest BCUT2D eigenvalue weighted by Gasteiger charge is -2.06. The summed E-state index contributed by atoms with van der Waals surface area (Å²) in [7, 11) is 0. The number of carboxylic acids is 1. The van der Waals surface area contributed by atoms with Crippen LogP contribution >= 0.6 is 0 Å². The molecule has 0 saturated heterocycles. The van der Waals surface area contributed by atoms with Gasteiger partial charge in [0, 0.05) is 5.56 Å². The minimum absolute atomic E-state index is 0.119. The van der Waals surface area contributed by atoms with Gasteiger partial charge < -0.3 is 14.3 Å². The van der Waals surface area contributed by atoms with E-state index in [1.807, 2.05) is 0 Å². The molecule has 0 aliphatic heterocycles. The van der Waals surface area contributed by atoms with Gasteiger partial charge in [0.15, 0.2) is 0 Å². The molecule has 19 heavy (non-hydrogen) atoms. The van der Waals surface area contributed by atoms with Crippen LogP contribution in [0.5, 0.6) is 5.75 Å². The van der Waals surface area contributed by atoms with Crippen LogP contribution in [0.15, 0.2) is 28.7 Å². The molecule has 100 valence electrons. The average Bonchev–Trinajstić information content (AvgIpc) is 2.73. The monoisotopic (exact) mass is 264 g/mol. The molecule has 0 aliphatic carbocycles. The first-order chi connectivity index (χ1) is 8.97. The normalized spacial score (nSPS) is 10.5. The maximum Gasteiger partial charge on any atom is 0.371 e. The molecule has 1 N–H and O–H groups in total. The summed E-state index contributed by atoms with van der Waals surface area (Å²) in [4.78, 5) is 10.7. The standard InChI is InChI=1S/C14H13FO4/c1-8-5-11(3-4-12(8)15)18-7-10-6-13(14(16)17)19-9(10)2/h3-6H,7H2,1-2H3,(H,16,17). The molecule has 0 amide bonds. The van der Waals surface area contributed by atoms with Crippen LogP contribution in [0.1, 0.15) is 27.4 Å². The van der Waals surface area contributed by atoms with Crippen molar-refractivity contribution in [3.63, 3.8) is 0 Å². The smallest absolute Gasteiger partial charge is 0.371 e. The van der Waals surface area contributed by atoms with E-state index in [0.717, 1.165) is 0 Å². The quantitative estimate of drug-likeness (QED) is 0.920. The minimum Gasteiger partial charge on any atom is -0.489 e. The Morgan fingerprint density at radius 2 is 2.11 bits per heavy atom. The number of aryl methyl sites for hydroxylation is 2. The van der Waals surface area contributed by atoms with Gasteiger partial charge in [-0.3, -0.25) is 0 Å². The van der Waals surface area contributed by atoms with Crippen molar-refractivity contribution < 1.29 is 23.4 Å². The molecule has 0 unspecified atom stereocenters. The van der Waals surface area contributed by atoms with Crippen molar-refractivity contribution in [1.82, 2.24) is 0 Å². The third-order valence-corrected chi connectivity index (χ3v) is 2.76. The van der Waals surface area contributed by atoms with Crippen molar-refractivity contribution in [2.75, 3.05) is 0 Å². The zero-order chi connectivity index (χ0) is 14.0. The van der Waals surface area contributed by atoms with Gasteiger partial charge >= 0.3 is 5.97 Å².